The number of pyridine rings is 1. The number of allylic oxidation sites excluding steroid dienone is 1. The van der Waals surface area contributed by atoms with Crippen LogP contribution in [0.4, 0.5) is 0 Å². The minimum absolute atomic E-state index is 0. The standard InChI is InChI=1S/C10H10N.Y/c1-7-6-9-4-3-5-10(9)11-8(7)2;/h3-4H,5H2,1-2H3;/q-1;. The van der Waals surface area contributed by atoms with E-state index in [2.05, 4.69) is 30.1 Å². The van der Waals surface area contributed by atoms with Gasteiger partial charge in [0.1, 0.15) is 0 Å². The molecule has 0 atom stereocenters. The Morgan fingerprint density at radius 1 is 1.42 bits per heavy atom. The zero-order valence-electron chi connectivity index (χ0n) is 7.39. The predicted octanol–water partition coefficient (Wildman–Crippen LogP) is 2.07. The first-order chi connectivity index (χ1) is 5.27. The molecular formula is C10H10NY-. The summed E-state index contributed by atoms with van der Waals surface area (Å²) in [6, 6.07) is 3.31. The van der Waals surface area contributed by atoms with Crippen molar-refractivity contribution < 1.29 is 32.7 Å². The van der Waals surface area contributed by atoms with Gasteiger partial charge in [0.25, 0.3) is 0 Å². The fourth-order valence-electron chi connectivity index (χ4n) is 1.29. The Bertz CT molecular complexity index is 329. The topological polar surface area (TPSA) is 12.9 Å². The molecule has 0 saturated heterocycles. The van der Waals surface area contributed by atoms with E-state index in [0.29, 0.717) is 0 Å². The van der Waals surface area contributed by atoms with Crippen LogP contribution in [0.25, 0.3) is 6.08 Å². The molecule has 0 saturated carbocycles. The van der Waals surface area contributed by atoms with E-state index in [-0.39, 0.29) is 32.7 Å². The van der Waals surface area contributed by atoms with Crippen molar-refractivity contribution in [2.24, 2.45) is 0 Å². The van der Waals surface area contributed by atoms with Crippen LogP contribution in [0.1, 0.15) is 22.5 Å². The number of aromatic nitrogens is 1. The number of aryl methyl sites for hydroxylation is 2. The van der Waals surface area contributed by atoms with Crippen LogP contribution in [0, 0.1) is 19.9 Å². The largest absolute Gasteiger partial charge is 0.353 e. The van der Waals surface area contributed by atoms with Gasteiger partial charge in [-0.1, -0.05) is 13.8 Å². The van der Waals surface area contributed by atoms with Gasteiger partial charge in [0.2, 0.25) is 0 Å². The molecule has 0 spiro atoms. The summed E-state index contributed by atoms with van der Waals surface area (Å²) < 4.78 is 0. The van der Waals surface area contributed by atoms with Gasteiger partial charge in [-0.25, -0.2) is 0 Å². The third kappa shape index (κ3) is 1.67. The monoisotopic (exact) mass is 233 g/mol. The number of hydrogen-bond acceptors (Lipinski definition) is 1. The molecule has 1 radical (unpaired) electrons. The smallest absolute Gasteiger partial charge is 0 e. The van der Waals surface area contributed by atoms with Gasteiger partial charge in [-0.15, -0.1) is 29.3 Å². The van der Waals surface area contributed by atoms with E-state index in [1.807, 2.05) is 6.92 Å². The molecule has 59 valence electrons. The van der Waals surface area contributed by atoms with Gasteiger partial charge in [0.05, 0.1) is 0 Å². The molecule has 1 nitrogen and oxygen atoms in total. The van der Waals surface area contributed by atoms with Gasteiger partial charge in [-0.05, 0) is 17.8 Å². The second kappa shape index (κ2) is 3.80. The Balaban J connectivity index is 0.000000720. The predicted molar refractivity (Wildman–Crippen MR) is 45.3 cm³/mol. The van der Waals surface area contributed by atoms with Crippen LogP contribution in [0.2, 0.25) is 0 Å². The summed E-state index contributed by atoms with van der Waals surface area (Å²) in [5.41, 5.74) is 4.61. The van der Waals surface area contributed by atoms with Gasteiger partial charge < -0.3 is 4.98 Å². The van der Waals surface area contributed by atoms with E-state index in [1.54, 1.807) is 0 Å². The van der Waals surface area contributed by atoms with Gasteiger partial charge in [-0.3, -0.25) is 0 Å². The van der Waals surface area contributed by atoms with Crippen molar-refractivity contribution in [1.82, 2.24) is 4.98 Å². The average Bonchev–Trinajstić information content (AvgIpc) is 2.36. The van der Waals surface area contributed by atoms with E-state index >= 15 is 0 Å². The van der Waals surface area contributed by atoms with Crippen LogP contribution in [-0.2, 0) is 39.1 Å². The summed E-state index contributed by atoms with van der Waals surface area (Å²) in [6.07, 6.45) is 5.20. The molecule has 0 aromatic carbocycles. The quantitative estimate of drug-likeness (QED) is 0.625. The zero-order valence-corrected chi connectivity index (χ0v) is 10.2. The summed E-state index contributed by atoms with van der Waals surface area (Å²) in [6.45, 7) is 4.08. The molecule has 12 heavy (non-hydrogen) atoms. The van der Waals surface area contributed by atoms with Crippen LogP contribution >= 0.6 is 0 Å². The van der Waals surface area contributed by atoms with Crippen molar-refractivity contribution in [3.05, 3.63) is 34.7 Å². The van der Waals surface area contributed by atoms with Crippen LogP contribution in [0.15, 0.2) is 6.08 Å². The average molecular weight is 233 g/mol. The molecule has 0 aliphatic heterocycles. The summed E-state index contributed by atoms with van der Waals surface area (Å²) in [4.78, 5) is 4.46. The summed E-state index contributed by atoms with van der Waals surface area (Å²) in [7, 11) is 0. The second-order valence-electron chi connectivity index (χ2n) is 2.91. The van der Waals surface area contributed by atoms with E-state index in [1.165, 1.54) is 11.3 Å². The molecular weight excluding hydrogens is 223 g/mol. The maximum atomic E-state index is 4.46. The Hall–Kier alpha value is -0.00610. The summed E-state index contributed by atoms with van der Waals surface area (Å²) >= 11 is 0. The minimum Gasteiger partial charge on any atom is -0.353 e. The first-order valence-electron chi connectivity index (χ1n) is 3.83. The molecule has 0 fully saturated rings. The van der Waals surface area contributed by atoms with Gasteiger partial charge >= 0.3 is 0 Å². The van der Waals surface area contributed by atoms with E-state index in [4.69, 9.17) is 0 Å². The van der Waals surface area contributed by atoms with Crippen molar-refractivity contribution in [3.63, 3.8) is 0 Å². The van der Waals surface area contributed by atoms with E-state index < -0.39 is 0 Å². The van der Waals surface area contributed by atoms with E-state index in [9.17, 15) is 0 Å². The SMILES string of the molecule is Cc1[c-]c2c(nc1C)CC=C2.[Y]. The Labute approximate surface area is 98.2 Å². The normalized spacial score (nSPS) is 12.5. The maximum absolute atomic E-state index is 4.46. The Morgan fingerprint density at radius 2 is 2.17 bits per heavy atom. The van der Waals surface area contributed by atoms with Crippen molar-refractivity contribution in [2.75, 3.05) is 0 Å². The molecule has 2 heteroatoms. The molecule has 1 aliphatic rings. The number of nitrogens with zero attached hydrogens (tertiary/aromatic N) is 1. The number of hydrogen-bond donors (Lipinski definition) is 0. The fourth-order valence-corrected chi connectivity index (χ4v) is 1.29. The number of fused-ring (bicyclic) bond motifs is 1. The molecule has 0 unspecified atom stereocenters. The van der Waals surface area contributed by atoms with Gasteiger partial charge in [0, 0.05) is 32.7 Å². The Kier molecular flexibility index (Phi) is 3.19. The summed E-state index contributed by atoms with van der Waals surface area (Å²) in [5, 5.41) is 0. The van der Waals surface area contributed by atoms with Crippen molar-refractivity contribution >= 4 is 6.08 Å². The Morgan fingerprint density at radius 3 is 2.92 bits per heavy atom. The maximum Gasteiger partial charge on any atom is 0 e. The van der Waals surface area contributed by atoms with E-state index in [0.717, 1.165) is 17.7 Å². The van der Waals surface area contributed by atoms with Crippen molar-refractivity contribution in [3.8, 4) is 0 Å². The second-order valence-corrected chi connectivity index (χ2v) is 2.91. The van der Waals surface area contributed by atoms with Crippen LogP contribution in [0.3, 0.4) is 0 Å². The fraction of sp³-hybridized carbons (Fsp3) is 0.300. The molecule has 1 aliphatic carbocycles. The molecule has 1 heterocycles. The minimum atomic E-state index is 0. The van der Waals surface area contributed by atoms with Gasteiger partial charge in [0.15, 0.2) is 0 Å². The third-order valence-corrected chi connectivity index (χ3v) is 2.07. The summed E-state index contributed by atoms with van der Waals surface area (Å²) in [5.74, 6) is 0. The van der Waals surface area contributed by atoms with Crippen molar-refractivity contribution in [1.29, 1.82) is 0 Å². The van der Waals surface area contributed by atoms with Gasteiger partial charge in [-0.2, -0.15) is 0 Å². The molecule has 1 aromatic heterocycles. The molecule has 0 amide bonds. The molecule has 2 rings (SSSR count). The first-order valence-corrected chi connectivity index (χ1v) is 3.83. The van der Waals surface area contributed by atoms with Crippen LogP contribution in [-0.4, -0.2) is 4.98 Å². The van der Waals surface area contributed by atoms with Crippen LogP contribution < -0.4 is 0 Å². The van der Waals surface area contributed by atoms with Crippen LogP contribution in [0.5, 0.6) is 0 Å². The first kappa shape index (κ1) is 10.1. The zero-order chi connectivity index (χ0) is 7.84. The van der Waals surface area contributed by atoms with Crippen molar-refractivity contribution in [2.45, 2.75) is 20.3 Å². The molecule has 0 bridgehead atoms. The molecule has 1 aromatic rings. The molecule has 0 N–H and O–H groups in total. The number of rotatable bonds is 0. The third-order valence-electron chi connectivity index (χ3n) is 2.07.